The number of guanidine groups is 1. The Bertz CT molecular complexity index is 469. The summed E-state index contributed by atoms with van der Waals surface area (Å²) in [6.07, 6.45) is 9.94. The lowest BCUT2D eigenvalue weighted by Gasteiger charge is -2.33. The lowest BCUT2D eigenvalue weighted by atomic mass is 9.73. The third-order valence-electron chi connectivity index (χ3n) is 4.87. The van der Waals surface area contributed by atoms with Gasteiger partial charge in [0.05, 0.1) is 6.54 Å². The van der Waals surface area contributed by atoms with E-state index < -0.39 is 0 Å². The first-order chi connectivity index (χ1) is 10.3. The van der Waals surface area contributed by atoms with Crippen LogP contribution in [-0.2, 0) is 6.54 Å². The minimum absolute atomic E-state index is 0. The SMILES string of the molecule is CCNC(=NCc1ccon1)N1CCC2(CCCCC2)C1.I. The van der Waals surface area contributed by atoms with Crippen molar-refractivity contribution in [3.8, 4) is 0 Å². The number of halogens is 1. The van der Waals surface area contributed by atoms with Gasteiger partial charge in [0.1, 0.15) is 12.0 Å². The standard InChI is InChI=1S/C16H26N4O.HI/c1-2-17-15(18-12-14-6-11-21-19-14)20-10-9-16(13-20)7-4-3-5-8-16;/h6,11H,2-5,7-10,12-13H2,1H3,(H,17,18);1H. The number of hydrogen-bond donors (Lipinski definition) is 1. The van der Waals surface area contributed by atoms with Crippen LogP contribution in [0.5, 0.6) is 0 Å². The van der Waals surface area contributed by atoms with Crippen LogP contribution in [0.1, 0.15) is 51.1 Å². The third-order valence-corrected chi connectivity index (χ3v) is 4.87. The first kappa shape index (κ1) is 17.6. The fourth-order valence-corrected chi connectivity index (χ4v) is 3.73. The number of nitrogens with one attached hydrogen (secondary N) is 1. The highest BCUT2D eigenvalue weighted by Crippen LogP contribution is 2.43. The van der Waals surface area contributed by atoms with E-state index in [2.05, 4.69) is 22.3 Å². The molecule has 2 heterocycles. The van der Waals surface area contributed by atoms with E-state index in [1.54, 1.807) is 6.26 Å². The van der Waals surface area contributed by atoms with Crippen molar-refractivity contribution in [2.75, 3.05) is 19.6 Å². The predicted octanol–water partition coefficient (Wildman–Crippen LogP) is 3.41. The molecule has 1 N–H and O–H groups in total. The predicted molar refractivity (Wildman–Crippen MR) is 98.4 cm³/mol. The first-order valence-corrected chi connectivity index (χ1v) is 8.24. The van der Waals surface area contributed by atoms with E-state index in [0.717, 1.165) is 31.3 Å². The van der Waals surface area contributed by atoms with Crippen LogP contribution in [0.4, 0.5) is 0 Å². The molecule has 0 aromatic carbocycles. The van der Waals surface area contributed by atoms with Gasteiger partial charge in [0.15, 0.2) is 5.96 Å². The van der Waals surface area contributed by atoms with Crippen LogP contribution in [-0.4, -0.2) is 35.7 Å². The average molecular weight is 418 g/mol. The van der Waals surface area contributed by atoms with Gasteiger partial charge >= 0.3 is 0 Å². The normalized spacial score (nSPS) is 21.0. The number of hydrogen-bond acceptors (Lipinski definition) is 3. The number of aromatic nitrogens is 1. The van der Waals surface area contributed by atoms with Crippen LogP contribution in [0, 0.1) is 5.41 Å². The zero-order valence-electron chi connectivity index (χ0n) is 13.4. The van der Waals surface area contributed by atoms with Gasteiger partial charge in [-0.25, -0.2) is 4.99 Å². The molecule has 5 nitrogen and oxygen atoms in total. The summed E-state index contributed by atoms with van der Waals surface area (Å²) in [6, 6.07) is 1.87. The van der Waals surface area contributed by atoms with Crippen molar-refractivity contribution in [3.63, 3.8) is 0 Å². The Morgan fingerprint density at radius 3 is 2.86 bits per heavy atom. The van der Waals surface area contributed by atoms with Gasteiger partial charge in [-0.3, -0.25) is 0 Å². The second-order valence-electron chi connectivity index (χ2n) is 6.39. The molecule has 3 rings (SSSR count). The minimum Gasteiger partial charge on any atom is -0.364 e. The summed E-state index contributed by atoms with van der Waals surface area (Å²) in [4.78, 5) is 7.16. The topological polar surface area (TPSA) is 53.7 Å². The summed E-state index contributed by atoms with van der Waals surface area (Å²) in [7, 11) is 0. The number of aliphatic imine (C=N–C) groups is 1. The van der Waals surface area contributed by atoms with E-state index in [0.29, 0.717) is 12.0 Å². The van der Waals surface area contributed by atoms with Crippen molar-refractivity contribution >= 4 is 29.9 Å². The third kappa shape index (κ3) is 4.14. The second kappa shape index (κ2) is 8.17. The molecule has 0 amide bonds. The average Bonchev–Trinajstić information content (AvgIpc) is 3.15. The fraction of sp³-hybridized carbons (Fsp3) is 0.750. The van der Waals surface area contributed by atoms with Crippen molar-refractivity contribution < 1.29 is 4.52 Å². The van der Waals surface area contributed by atoms with Crippen LogP contribution < -0.4 is 5.32 Å². The van der Waals surface area contributed by atoms with Gasteiger partial charge in [0, 0.05) is 25.7 Å². The maximum Gasteiger partial charge on any atom is 0.194 e. The molecular formula is C16H27IN4O. The van der Waals surface area contributed by atoms with E-state index in [-0.39, 0.29) is 24.0 Å². The Morgan fingerprint density at radius 2 is 2.18 bits per heavy atom. The molecule has 1 aliphatic heterocycles. The molecule has 0 bridgehead atoms. The maximum absolute atomic E-state index is 4.87. The first-order valence-electron chi connectivity index (χ1n) is 8.24. The summed E-state index contributed by atoms with van der Waals surface area (Å²) in [5.74, 6) is 1.03. The zero-order chi connectivity index (χ0) is 14.5. The molecule has 1 saturated heterocycles. The molecule has 2 fully saturated rings. The lowest BCUT2D eigenvalue weighted by Crippen LogP contribution is -2.41. The molecule has 0 atom stereocenters. The molecule has 1 aliphatic carbocycles. The van der Waals surface area contributed by atoms with Crippen molar-refractivity contribution in [3.05, 3.63) is 18.0 Å². The molecule has 1 aromatic rings. The van der Waals surface area contributed by atoms with Gasteiger partial charge in [-0.05, 0) is 31.6 Å². The minimum atomic E-state index is 0. The fourth-order valence-electron chi connectivity index (χ4n) is 3.73. The maximum atomic E-state index is 4.87. The van der Waals surface area contributed by atoms with Crippen LogP contribution in [0.3, 0.4) is 0 Å². The monoisotopic (exact) mass is 418 g/mol. The van der Waals surface area contributed by atoms with Crippen molar-refractivity contribution in [1.82, 2.24) is 15.4 Å². The summed E-state index contributed by atoms with van der Waals surface area (Å²) in [5.41, 5.74) is 1.44. The molecule has 124 valence electrons. The molecule has 2 aliphatic rings. The second-order valence-corrected chi connectivity index (χ2v) is 6.39. The Hall–Kier alpha value is -0.790. The number of likely N-dealkylation sites (tertiary alicyclic amines) is 1. The van der Waals surface area contributed by atoms with Crippen molar-refractivity contribution in [2.24, 2.45) is 10.4 Å². The van der Waals surface area contributed by atoms with E-state index in [4.69, 9.17) is 9.52 Å². The van der Waals surface area contributed by atoms with Crippen molar-refractivity contribution in [1.29, 1.82) is 0 Å². The zero-order valence-corrected chi connectivity index (χ0v) is 15.7. The smallest absolute Gasteiger partial charge is 0.194 e. The number of nitrogens with zero attached hydrogens (tertiary/aromatic N) is 3. The summed E-state index contributed by atoms with van der Waals surface area (Å²) < 4.78 is 4.87. The molecule has 1 saturated carbocycles. The Kier molecular flexibility index (Phi) is 6.52. The molecule has 0 unspecified atom stereocenters. The number of rotatable bonds is 3. The van der Waals surface area contributed by atoms with Gasteiger partial charge in [-0.2, -0.15) is 0 Å². The van der Waals surface area contributed by atoms with Crippen LogP contribution in [0.15, 0.2) is 21.8 Å². The summed E-state index contributed by atoms with van der Waals surface area (Å²) >= 11 is 0. The largest absolute Gasteiger partial charge is 0.364 e. The van der Waals surface area contributed by atoms with E-state index in [1.165, 1.54) is 38.5 Å². The van der Waals surface area contributed by atoms with Crippen LogP contribution >= 0.6 is 24.0 Å². The van der Waals surface area contributed by atoms with Crippen LogP contribution in [0.25, 0.3) is 0 Å². The van der Waals surface area contributed by atoms with Crippen molar-refractivity contribution in [2.45, 2.75) is 52.0 Å². The summed E-state index contributed by atoms with van der Waals surface area (Å²) in [6.45, 7) is 5.91. The highest BCUT2D eigenvalue weighted by molar-refractivity contribution is 14.0. The van der Waals surface area contributed by atoms with Gasteiger partial charge in [0.25, 0.3) is 0 Å². The molecule has 1 aromatic heterocycles. The van der Waals surface area contributed by atoms with E-state index >= 15 is 0 Å². The van der Waals surface area contributed by atoms with Gasteiger partial charge < -0.3 is 14.7 Å². The van der Waals surface area contributed by atoms with Gasteiger partial charge in [0.2, 0.25) is 0 Å². The van der Waals surface area contributed by atoms with E-state index in [9.17, 15) is 0 Å². The Labute approximate surface area is 149 Å². The molecule has 1 spiro atoms. The molecule has 6 heteroatoms. The van der Waals surface area contributed by atoms with Crippen LogP contribution in [0.2, 0.25) is 0 Å². The Balaban J connectivity index is 0.00000176. The summed E-state index contributed by atoms with van der Waals surface area (Å²) in [5, 5.41) is 7.36. The molecule has 22 heavy (non-hydrogen) atoms. The molecular weight excluding hydrogens is 391 g/mol. The Morgan fingerprint density at radius 1 is 1.36 bits per heavy atom. The molecule has 0 radical (unpaired) electrons. The quantitative estimate of drug-likeness (QED) is 0.465. The van der Waals surface area contributed by atoms with Gasteiger partial charge in [-0.1, -0.05) is 24.4 Å². The van der Waals surface area contributed by atoms with Gasteiger partial charge in [-0.15, -0.1) is 24.0 Å². The lowest BCUT2D eigenvalue weighted by molar-refractivity contribution is 0.203. The highest BCUT2D eigenvalue weighted by atomic mass is 127. The van der Waals surface area contributed by atoms with E-state index in [1.807, 2.05) is 6.07 Å². The highest BCUT2D eigenvalue weighted by Gasteiger charge is 2.39.